The minimum Gasteiger partial charge on any atom is -0.490 e. The molecule has 44 heavy (non-hydrogen) atoms. The smallest absolute Gasteiger partial charge is 0.169 e. The zero-order valence-electron chi connectivity index (χ0n) is 26.7. The molecular formula is C41H48O3. The van der Waals surface area contributed by atoms with E-state index in [1.54, 1.807) is 0 Å². The van der Waals surface area contributed by atoms with E-state index in [0.717, 1.165) is 47.0 Å². The highest BCUT2D eigenvalue weighted by Gasteiger charge is 2.53. The lowest BCUT2D eigenvalue weighted by Gasteiger charge is -2.40. The standard InChI is InChI=1S/C41H48O3/c1-3-5-7-9-11-19-29-42-38-28-27-37-39(40(38)43-30-20-12-10-8-6-4-2)41(35-25-17-18-26-36(35)44-37)33-23-15-13-21-31(33)32-22-14-16-24-34(32)41/h13-18,21-28H,3-12,19-20,29-30H2,1-2H3. The van der Waals surface area contributed by atoms with Gasteiger partial charge in [-0.2, -0.15) is 0 Å². The number of hydrogen-bond donors (Lipinski definition) is 0. The summed E-state index contributed by atoms with van der Waals surface area (Å²) in [7, 11) is 0. The first kappa shape index (κ1) is 30.3. The van der Waals surface area contributed by atoms with Crippen molar-refractivity contribution in [2.45, 2.75) is 96.3 Å². The third kappa shape index (κ3) is 5.74. The number of hydrogen-bond acceptors (Lipinski definition) is 3. The minimum absolute atomic E-state index is 0.562. The van der Waals surface area contributed by atoms with E-state index in [1.165, 1.54) is 86.5 Å². The van der Waals surface area contributed by atoms with Gasteiger partial charge in [0.25, 0.3) is 0 Å². The van der Waals surface area contributed by atoms with Crippen molar-refractivity contribution in [3.8, 4) is 34.1 Å². The third-order valence-corrected chi connectivity index (χ3v) is 9.42. The number of benzene rings is 4. The van der Waals surface area contributed by atoms with Gasteiger partial charge >= 0.3 is 0 Å². The van der Waals surface area contributed by atoms with Gasteiger partial charge in [0.2, 0.25) is 0 Å². The number of para-hydroxylation sites is 1. The molecule has 0 radical (unpaired) electrons. The second-order valence-electron chi connectivity index (χ2n) is 12.4. The summed E-state index contributed by atoms with van der Waals surface area (Å²) in [6, 6.07) is 30.4. The van der Waals surface area contributed by atoms with E-state index in [9.17, 15) is 0 Å². The molecule has 1 heterocycles. The topological polar surface area (TPSA) is 27.7 Å². The Morgan fingerprint density at radius 3 is 1.66 bits per heavy atom. The van der Waals surface area contributed by atoms with Gasteiger partial charge in [-0.1, -0.05) is 145 Å². The fraction of sp³-hybridized carbons (Fsp3) is 0.415. The van der Waals surface area contributed by atoms with E-state index in [2.05, 4.69) is 98.8 Å². The van der Waals surface area contributed by atoms with Crippen LogP contribution < -0.4 is 14.2 Å². The Morgan fingerprint density at radius 2 is 1.02 bits per heavy atom. The van der Waals surface area contributed by atoms with Gasteiger partial charge in [-0.05, 0) is 53.3 Å². The van der Waals surface area contributed by atoms with Gasteiger partial charge in [0.1, 0.15) is 11.5 Å². The van der Waals surface area contributed by atoms with Crippen molar-refractivity contribution in [1.82, 2.24) is 0 Å². The minimum atomic E-state index is -0.562. The van der Waals surface area contributed by atoms with Crippen molar-refractivity contribution in [3.05, 3.63) is 107 Å². The van der Waals surface area contributed by atoms with Gasteiger partial charge < -0.3 is 14.2 Å². The molecule has 1 aliphatic heterocycles. The summed E-state index contributed by atoms with van der Waals surface area (Å²) in [4.78, 5) is 0. The molecule has 1 aliphatic carbocycles. The molecule has 3 nitrogen and oxygen atoms in total. The lowest BCUT2D eigenvalue weighted by molar-refractivity contribution is 0.252. The summed E-state index contributed by atoms with van der Waals surface area (Å²) < 4.78 is 20.2. The molecule has 0 atom stereocenters. The predicted octanol–water partition coefficient (Wildman–Crippen LogP) is 11.6. The van der Waals surface area contributed by atoms with Gasteiger partial charge in [-0.3, -0.25) is 0 Å². The third-order valence-electron chi connectivity index (χ3n) is 9.42. The van der Waals surface area contributed by atoms with Gasteiger partial charge in [0.15, 0.2) is 11.5 Å². The van der Waals surface area contributed by atoms with Crippen molar-refractivity contribution < 1.29 is 14.2 Å². The molecule has 0 aromatic heterocycles. The highest BCUT2D eigenvalue weighted by Crippen LogP contribution is 2.64. The largest absolute Gasteiger partial charge is 0.490 e. The van der Waals surface area contributed by atoms with E-state index in [0.29, 0.717) is 13.2 Å². The van der Waals surface area contributed by atoms with Crippen LogP contribution in [0.15, 0.2) is 84.9 Å². The van der Waals surface area contributed by atoms with Crippen molar-refractivity contribution in [3.63, 3.8) is 0 Å². The summed E-state index contributed by atoms with van der Waals surface area (Å²) in [6.45, 7) is 5.89. The summed E-state index contributed by atoms with van der Waals surface area (Å²) in [5.41, 5.74) is 6.75. The molecule has 4 aromatic rings. The Morgan fingerprint density at radius 1 is 0.500 bits per heavy atom. The Hall–Kier alpha value is -3.72. The first-order chi connectivity index (χ1) is 21.8. The predicted molar refractivity (Wildman–Crippen MR) is 182 cm³/mol. The summed E-state index contributed by atoms with van der Waals surface area (Å²) in [5, 5.41) is 0. The van der Waals surface area contributed by atoms with E-state index < -0.39 is 5.41 Å². The highest BCUT2D eigenvalue weighted by atomic mass is 16.5. The van der Waals surface area contributed by atoms with Crippen LogP contribution in [0.1, 0.15) is 113 Å². The zero-order valence-corrected chi connectivity index (χ0v) is 26.7. The molecular weight excluding hydrogens is 540 g/mol. The number of unbranched alkanes of at least 4 members (excludes halogenated alkanes) is 10. The van der Waals surface area contributed by atoms with Gasteiger partial charge in [-0.15, -0.1) is 0 Å². The molecule has 1 spiro atoms. The molecule has 0 bridgehead atoms. The maximum absolute atomic E-state index is 6.88. The maximum Gasteiger partial charge on any atom is 0.169 e. The van der Waals surface area contributed by atoms with Crippen LogP contribution in [0.3, 0.4) is 0 Å². The molecule has 0 N–H and O–H groups in total. The molecule has 0 saturated heterocycles. The zero-order chi connectivity index (χ0) is 30.2. The highest BCUT2D eigenvalue weighted by molar-refractivity contribution is 5.89. The SMILES string of the molecule is CCCCCCCCOc1ccc2c(c1OCCCCCCCC)C1(c3ccccc3O2)c2ccccc2-c2ccccc21. The quantitative estimate of drug-likeness (QED) is 0.105. The second kappa shape index (κ2) is 14.4. The Labute approximate surface area is 264 Å². The van der Waals surface area contributed by atoms with Crippen LogP contribution >= 0.6 is 0 Å². The Bertz CT molecular complexity index is 1490. The van der Waals surface area contributed by atoms with Crippen LogP contribution in [0.5, 0.6) is 23.0 Å². The molecule has 3 heteroatoms. The van der Waals surface area contributed by atoms with Gasteiger partial charge in [0.05, 0.1) is 24.2 Å². The molecule has 4 aromatic carbocycles. The van der Waals surface area contributed by atoms with E-state index in [4.69, 9.17) is 14.2 Å². The van der Waals surface area contributed by atoms with Crippen molar-refractivity contribution in [2.75, 3.05) is 13.2 Å². The molecule has 0 fully saturated rings. The van der Waals surface area contributed by atoms with Crippen LogP contribution in [-0.4, -0.2) is 13.2 Å². The van der Waals surface area contributed by atoms with Crippen molar-refractivity contribution in [1.29, 1.82) is 0 Å². The average Bonchev–Trinajstić information content (AvgIpc) is 3.35. The van der Waals surface area contributed by atoms with Crippen LogP contribution in [-0.2, 0) is 5.41 Å². The summed E-state index contributed by atoms with van der Waals surface area (Å²) in [5.74, 6) is 3.41. The van der Waals surface area contributed by atoms with Crippen LogP contribution in [0.4, 0.5) is 0 Å². The number of rotatable bonds is 16. The van der Waals surface area contributed by atoms with Gasteiger partial charge in [0, 0.05) is 5.56 Å². The van der Waals surface area contributed by atoms with Crippen LogP contribution in [0.25, 0.3) is 11.1 Å². The first-order valence-corrected chi connectivity index (χ1v) is 17.2. The Kier molecular flexibility index (Phi) is 9.90. The average molecular weight is 589 g/mol. The number of ether oxygens (including phenoxy) is 3. The van der Waals surface area contributed by atoms with Crippen LogP contribution in [0.2, 0.25) is 0 Å². The van der Waals surface area contributed by atoms with E-state index in [1.807, 2.05) is 0 Å². The fourth-order valence-corrected chi connectivity index (χ4v) is 7.28. The molecule has 0 unspecified atom stereocenters. The summed E-state index contributed by atoms with van der Waals surface area (Å²) >= 11 is 0. The van der Waals surface area contributed by atoms with Gasteiger partial charge in [-0.25, -0.2) is 0 Å². The number of fused-ring (bicyclic) bond motifs is 9. The molecule has 2 aliphatic rings. The Balaban J connectivity index is 1.43. The monoisotopic (exact) mass is 588 g/mol. The second-order valence-corrected chi connectivity index (χ2v) is 12.4. The van der Waals surface area contributed by atoms with E-state index in [-0.39, 0.29) is 0 Å². The first-order valence-electron chi connectivity index (χ1n) is 17.2. The lowest BCUT2D eigenvalue weighted by atomic mass is 9.65. The molecule has 0 saturated carbocycles. The molecule has 6 rings (SSSR count). The lowest BCUT2D eigenvalue weighted by Crippen LogP contribution is -2.33. The molecule has 230 valence electrons. The van der Waals surface area contributed by atoms with Crippen LogP contribution in [0, 0.1) is 0 Å². The fourth-order valence-electron chi connectivity index (χ4n) is 7.28. The van der Waals surface area contributed by atoms with Crippen molar-refractivity contribution >= 4 is 0 Å². The van der Waals surface area contributed by atoms with Crippen molar-refractivity contribution in [2.24, 2.45) is 0 Å². The summed E-state index contributed by atoms with van der Waals surface area (Å²) in [6.07, 6.45) is 14.7. The normalized spacial score (nSPS) is 13.5. The van der Waals surface area contributed by atoms with E-state index >= 15 is 0 Å². The maximum atomic E-state index is 6.88. The molecule has 0 amide bonds.